The summed E-state index contributed by atoms with van der Waals surface area (Å²) in [6.07, 6.45) is 45.5. The normalized spacial score (nSPS) is 14.3. The minimum Gasteiger partial charge on any atom is -0.756 e. The van der Waals surface area contributed by atoms with Gasteiger partial charge in [-0.25, -0.2) is 0 Å². The number of aliphatic hydroxyl groups excluding tert-OH is 1. The number of hydrogen-bond acceptors (Lipinski definition) is 6. The number of phosphoric ester groups is 1. The van der Waals surface area contributed by atoms with Crippen LogP contribution < -0.4 is 10.2 Å². The molecule has 334 valence electrons. The molecule has 3 atom stereocenters. The van der Waals surface area contributed by atoms with Crippen LogP contribution >= 0.6 is 7.82 Å². The summed E-state index contributed by atoms with van der Waals surface area (Å²) >= 11 is 0. The van der Waals surface area contributed by atoms with Crippen LogP contribution in [0.15, 0.2) is 12.2 Å². The molecule has 0 saturated carbocycles. The number of carbonyl (C=O) groups excluding carboxylic acids is 1. The van der Waals surface area contributed by atoms with Gasteiger partial charge in [-0.2, -0.15) is 0 Å². The van der Waals surface area contributed by atoms with E-state index in [1.165, 1.54) is 173 Å². The van der Waals surface area contributed by atoms with Crippen LogP contribution in [0.4, 0.5) is 0 Å². The summed E-state index contributed by atoms with van der Waals surface area (Å²) in [5.41, 5.74) is 0. The maximum absolute atomic E-state index is 12.9. The van der Waals surface area contributed by atoms with Crippen molar-refractivity contribution in [2.24, 2.45) is 0 Å². The Balaban J connectivity index is 4.18. The summed E-state index contributed by atoms with van der Waals surface area (Å²) in [7, 11) is 1.27. The number of nitrogens with zero attached hydrogens (tertiary/aromatic N) is 1. The van der Waals surface area contributed by atoms with Gasteiger partial charge in [0.2, 0.25) is 5.91 Å². The van der Waals surface area contributed by atoms with Crippen LogP contribution in [-0.2, 0) is 18.4 Å². The van der Waals surface area contributed by atoms with Crippen LogP contribution in [0.25, 0.3) is 0 Å². The highest BCUT2D eigenvalue weighted by molar-refractivity contribution is 7.45. The van der Waals surface area contributed by atoms with Gasteiger partial charge in [0, 0.05) is 6.42 Å². The number of quaternary nitrogens is 1. The van der Waals surface area contributed by atoms with Crippen LogP contribution in [0.2, 0.25) is 0 Å². The molecule has 0 aliphatic heterocycles. The van der Waals surface area contributed by atoms with Crippen molar-refractivity contribution in [2.45, 2.75) is 244 Å². The Hall–Kier alpha value is -0.760. The van der Waals surface area contributed by atoms with E-state index in [9.17, 15) is 19.4 Å². The number of likely N-dealkylation sites (N-methyl/N-ethyl adjacent to an activating group) is 1. The molecule has 0 aromatic carbocycles. The van der Waals surface area contributed by atoms with E-state index in [1.807, 2.05) is 27.2 Å². The number of rotatable bonds is 44. The quantitative estimate of drug-likeness (QED) is 0.0274. The highest BCUT2D eigenvalue weighted by Crippen LogP contribution is 2.38. The summed E-state index contributed by atoms with van der Waals surface area (Å²) in [5, 5.41) is 13.8. The lowest BCUT2D eigenvalue weighted by molar-refractivity contribution is -0.870. The van der Waals surface area contributed by atoms with E-state index >= 15 is 0 Å². The molecule has 0 heterocycles. The molecule has 0 fully saturated rings. The van der Waals surface area contributed by atoms with Crippen molar-refractivity contribution in [2.75, 3.05) is 40.9 Å². The smallest absolute Gasteiger partial charge is 0.268 e. The lowest BCUT2D eigenvalue weighted by atomic mass is 10.0. The third-order valence-electron chi connectivity index (χ3n) is 11.0. The summed E-state index contributed by atoms with van der Waals surface area (Å²) < 4.78 is 23.2. The number of nitrogens with one attached hydrogen (secondary N) is 1. The van der Waals surface area contributed by atoms with Crippen molar-refractivity contribution >= 4 is 13.7 Å². The number of hydrogen-bond donors (Lipinski definition) is 2. The first kappa shape index (κ1) is 55.2. The molecule has 0 aliphatic rings. The SMILES string of the molecule is CCCCCCCCCCC/C=C/C(O)C(COP(=O)([O-])OCC[N+](C)(C)C)NC(=O)CCCCCCCCCCCCCCCCCCCCCCCCC. The second kappa shape index (κ2) is 39.7. The first-order valence-corrected chi connectivity index (χ1v) is 25.5. The van der Waals surface area contributed by atoms with Crippen LogP contribution in [0, 0.1) is 0 Å². The van der Waals surface area contributed by atoms with Crippen molar-refractivity contribution in [3.05, 3.63) is 12.2 Å². The summed E-state index contributed by atoms with van der Waals surface area (Å²) in [4.78, 5) is 25.3. The second-order valence-corrected chi connectivity index (χ2v) is 19.2. The molecule has 8 nitrogen and oxygen atoms in total. The van der Waals surface area contributed by atoms with Crippen molar-refractivity contribution in [3.8, 4) is 0 Å². The average molecular weight is 815 g/mol. The highest BCUT2D eigenvalue weighted by atomic mass is 31.2. The fourth-order valence-corrected chi connectivity index (χ4v) is 7.88. The molecule has 56 heavy (non-hydrogen) atoms. The van der Waals surface area contributed by atoms with E-state index in [0.717, 1.165) is 38.5 Å². The number of aliphatic hydroxyl groups is 1. The number of phosphoric acid groups is 1. The second-order valence-electron chi connectivity index (χ2n) is 17.8. The predicted octanol–water partition coefficient (Wildman–Crippen LogP) is 12.9. The Morgan fingerprint density at radius 3 is 1.34 bits per heavy atom. The van der Waals surface area contributed by atoms with Gasteiger partial charge in [-0.1, -0.05) is 219 Å². The fraction of sp³-hybridized carbons (Fsp3) is 0.936. The van der Waals surface area contributed by atoms with Gasteiger partial charge in [0.15, 0.2) is 0 Å². The van der Waals surface area contributed by atoms with Crippen LogP contribution in [0.5, 0.6) is 0 Å². The van der Waals surface area contributed by atoms with E-state index in [4.69, 9.17) is 9.05 Å². The molecule has 0 aromatic heterocycles. The van der Waals surface area contributed by atoms with E-state index in [2.05, 4.69) is 19.2 Å². The number of amides is 1. The van der Waals surface area contributed by atoms with E-state index in [-0.39, 0.29) is 19.1 Å². The molecular formula is C47H95N2O6P. The zero-order valence-electron chi connectivity index (χ0n) is 37.9. The van der Waals surface area contributed by atoms with Gasteiger partial charge in [0.1, 0.15) is 13.2 Å². The molecular weight excluding hydrogens is 719 g/mol. The van der Waals surface area contributed by atoms with Crippen molar-refractivity contribution in [3.63, 3.8) is 0 Å². The minimum atomic E-state index is -4.58. The molecule has 2 N–H and O–H groups in total. The Morgan fingerprint density at radius 2 is 0.964 bits per heavy atom. The van der Waals surface area contributed by atoms with Gasteiger partial charge in [0.05, 0.1) is 39.9 Å². The molecule has 0 spiro atoms. The van der Waals surface area contributed by atoms with Gasteiger partial charge in [-0.05, 0) is 19.3 Å². The molecule has 0 rings (SSSR count). The van der Waals surface area contributed by atoms with Crippen LogP contribution in [-0.4, -0.2) is 68.5 Å². The fourth-order valence-electron chi connectivity index (χ4n) is 7.15. The van der Waals surface area contributed by atoms with E-state index in [0.29, 0.717) is 17.4 Å². The topological polar surface area (TPSA) is 108 Å². The molecule has 0 bridgehead atoms. The molecule has 9 heteroatoms. The van der Waals surface area contributed by atoms with Crippen molar-refractivity contribution < 1.29 is 32.9 Å². The van der Waals surface area contributed by atoms with E-state index in [1.54, 1.807) is 6.08 Å². The summed E-state index contributed by atoms with van der Waals surface area (Å²) in [6.45, 7) is 4.65. The predicted molar refractivity (Wildman–Crippen MR) is 238 cm³/mol. The molecule has 0 aromatic rings. The minimum absolute atomic E-state index is 0.00202. The molecule has 1 amide bonds. The highest BCUT2D eigenvalue weighted by Gasteiger charge is 2.23. The third kappa shape index (κ3) is 41.4. The average Bonchev–Trinajstić information content (AvgIpc) is 3.15. The zero-order valence-corrected chi connectivity index (χ0v) is 38.7. The monoisotopic (exact) mass is 815 g/mol. The lowest BCUT2D eigenvalue weighted by Gasteiger charge is -2.29. The maximum atomic E-state index is 12.9. The first-order chi connectivity index (χ1) is 27.0. The van der Waals surface area contributed by atoms with Gasteiger partial charge in [0.25, 0.3) is 7.82 Å². The Morgan fingerprint density at radius 1 is 0.607 bits per heavy atom. The molecule has 0 radical (unpaired) electrons. The van der Waals surface area contributed by atoms with Gasteiger partial charge in [-0.3, -0.25) is 9.36 Å². The van der Waals surface area contributed by atoms with Crippen molar-refractivity contribution in [1.29, 1.82) is 0 Å². The number of unbranched alkanes of at least 4 members (excludes halogenated alkanes) is 31. The Kier molecular flexibility index (Phi) is 39.1. The van der Waals surface area contributed by atoms with Gasteiger partial charge >= 0.3 is 0 Å². The lowest BCUT2D eigenvalue weighted by Crippen LogP contribution is -2.45. The Labute approximate surface area is 348 Å². The molecule has 0 aliphatic carbocycles. The maximum Gasteiger partial charge on any atom is 0.268 e. The van der Waals surface area contributed by atoms with E-state index < -0.39 is 20.0 Å². The third-order valence-corrected chi connectivity index (χ3v) is 12.0. The molecule has 3 unspecified atom stereocenters. The van der Waals surface area contributed by atoms with Gasteiger partial charge < -0.3 is 28.8 Å². The number of carbonyl (C=O) groups is 1. The van der Waals surface area contributed by atoms with Crippen LogP contribution in [0.1, 0.15) is 232 Å². The zero-order chi connectivity index (χ0) is 41.4. The number of allylic oxidation sites excluding steroid dienone is 1. The van der Waals surface area contributed by atoms with Crippen LogP contribution in [0.3, 0.4) is 0 Å². The Bertz CT molecular complexity index is 927. The first-order valence-electron chi connectivity index (χ1n) is 24.1. The largest absolute Gasteiger partial charge is 0.756 e. The van der Waals surface area contributed by atoms with Crippen molar-refractivity contribution in [1.82, 2.24) is 5.32 Å². The summed E-state index contributed by atoms with van der Waals surface area (Å²) in [5.74, 6) is -0.194. The summed E-state index contributed by atoms with van der Waals surface area (Å²) in [6, 6.07) is -0.879. The standard InChI is InChI=1S/C47H95N2O6P/c1-6-8-10-12-14-16-18-19-20-21-22-23-24-25-26-27-28-29-31-33-35-37-39-41-47(51)48-45(44-55-56(52,53)54-43-42-49(3,4)5)46(50)40-38-36-34-32-30-17-15-13-11-9-7-2/h38,40,45-46,50H,6-37,39,41-44H2,1-5H3,(H-,48,51,52,53)/b40-38+. The molecule has 0 saturated heterocycles. The van der Waals surface area contributed by atoms with Gasteiger partial charge in [-0.15, -0.1) is 0 Å².